The van der Waals surface area contributed by atoms with Gasteiger partial charge in [-0.05, 0) is 6.92 Å². The Morgan fingerprint density at radius 1 is 1.30 bits per heavy atom. The lowest BCUT2D eigenvalue weighted by molar-refractivity contribution is -0.817. The highest BCUT2D eigenvalue weighted by Gasteiger charge is 1.97. The Bertz CT molecular complexity index is 94.3. The highest BCUT2D eigenvalue weighted by atomic mass is 16.5. The van der Waals surface area contributed by atoms with Crippen molar-refractivity contribution < 1.29 is 14.7 Å². The summed E-state index contributed by atoms with van der Waals surface area (Å²) in [5.41, 5.74) is 0. The monoisotopic (exact) mass is 147 g/mol. The molecule has 0 fully saturated rings. The van der Waals surface area contributed by atoms with E-state index in [0.717, 1.165) is 11.1 Å². The molecule has 0 aliphatic carbocycles. The molecule has 0 aromatic carbocycles. The standard InChI is InChI=1S/C7H16NO.H2O/c1-5-9-7-6-8(2,3)4;/h6-7H,5H2,1-4H3;1H2/q+1;/p-1. The molecule has 0 saturated carbocycles. The maximum atomic E-state index is 5.01. The minimum Gasteiger partial charge on any atom is -0.870 e. The van der Waals surface area contributed by atoms with Gasteiger partial charge in [0.25, 0.3) is 0 Å². The van der Waals surface area contributed by atoms with Crippen molar-refractivity contribution in [2.75, 3.05) is 27.7 Å². The summed E-state index contributed by atoms with van der Waals surface area (Å²) in [5, 5.41) is 0. The first kappa shape index (κ1) is 12.2. The van der Waals surface area contributed by atoms with Gasteiger partial charge in [0.15, 0.2) is 0 Å². The third-order valence-corrected chi connectivity index (χ3v) is 0.771. The smallest absolute Gasteiger partial charge is 0.136 e. The van der Waals surface area contributed by atoms with Gasteiger partial charge in [-0.15, -0.1) is 0 Å². The van der Waals surface area contributed by atoms with E-state index in [-0.39, 0.29) is 5.48 Å². The summed E-state index contributed by atoms with van der Waals surface area (Å²) < 4.78 is 5.82. The fourth-order valence-electron chi connectivity index (χ4n) is 0.322. The van der Waals surface area contributed by atoms with E-state index in [0.29, 0.717) is 0 Å². The van der Waals surface area contributed by atoms with Crippen LogP contribution in [-0.2, 0) is 4.74 Å². The number of quaternary nitrogens is 1. The van der Waals surface area contributed by atoms with E-state index in [1.165, 1.54) is 0 Å². The van der Waals surface area contributed by atoms with E-state index in [1.807, 2.05) is 13.1 Å². The number of hydrogen-bond donors (Lipinski definition) is 0. The van der Waals surface area contributed by atoms with Crippen LogP contribution in [0.25, 0.3) is 0 Å². The summed E-state index contributed by atoms with van der Waals surface area (Å²) in [6.07, 6.45) is 3.73. The molecular formula is C7H17NO2. The molecule has 0 amide bonds. The second-order valence-corrected chi connectivity index (χ2v) is 2.86. The third kappa shape index (κ3) is 10.4. The lowest BCUT2D eigenvalue weighted by Crippen LogP contribution is -2.26. The lowest BCUT2D eigenvalue weighted by atomic mass is 10.7. The van der Waals surface area contributed by atoms with E-state index >= 15 is 0 Å². The lowest BCUT2D eigenvalue weighted by Gasteiger charge is -2.16. The van der Waals surface area contributed by atoms with Gasteiger partial charge in [0, 0.05) is 0 Å². The molecule has 0 radical (unpaired) electrons. The van der Waals surface area contributed by atoms with Gasteiger partial charge in [0.2, 0.25) is 0 Å². The van der Waals surface area contributed by atoms with Crippen LogP contribution in [0.2, 0.25) is 0 Å². The summed E-state index contributed by atoms with van der Waals surface area (Å²) in [6.45, 7) is 2.72. The summed E-state index contributed by atoms with van der Waals surface area (Å²) in [7, 11) is 6.24. The van der Waals surface area contributed by atoms with E-state index in [9.17, 15) is 0 Å². The molecule has 0 atom stereocenters. The Balaban J connectivity index is 0. The zero-order valence-electron chi connectivity index (χ0n) is 7.16. The fourth-order valence-corrected chi connectivity index (χ4v) is 0.322. The summed E-state index contributed by atoms with van der Waals surface area (Å²) >= 11 is 0. The summed E-state index contributed by atoms with van der Waals surface area (Å²) in [5.74, 6) is 0. The quantitative estimate of drug-likeness (QED) is 0.441. The predicted molar refractivity (Wildman–Crippen MR) is 40.7 cm³/mol. The van der Waals surface area contributed by atoms with Crippen LogP contribution in [0.3, 0.4) is 0 Å². The molecule has 0 aromatic rings. The molecular weight excluding hydrogens is 130 g/mol. The Kier molecular flexibility index (Phi) is 6.40. The molecule has 0 heterocycles. The van der Waals surface area contributed by atoms with Crippen molar-refractivity contribution in [3.8, 4) is 0 Å². The van der Waals surface area contributed by atoms with Crippen molar-refractivity contribution in [1.29, 1.82) is 0 Å². The van der Waals surface area contributed by atoms with E-state index in [1.54, 1.807) is 6.26 Å². The van der Waals surface area contributed by atoms with Crippen LogP contribution >= 0.6 is 0 Å². The van der Waals surface area contributed by atoms with Crippen LogP contribution in [0, 0.1) is 0 Å². The van der Waals surface area contributed by atoms with Gasteiger partial charge in [-0.3, -0.25) is 0 Å². The van der Waals surface area contributed by atoms with Crippen LogP contribution in [0.15, 0.2) is 12.5 Å². The second kappa shape index (κ2) is 5.26. The first-order chi connectivity index (χ1) is 4.06. The normalized spacial score (nSPS) is 11.2. The van der Waals surface area contributed by atoms with Crippen molar-refractivity contribution in [3.63, 3.8) is 0 Å². The van der Waals surface area contributed by atoms with Crippen LogP contribution in [0.4, 0.5) is 0 Å². The van der Waals surface area contributed by atoms with Gasteiger partial charge in [-0.2, -0.15) is 0 Å². The Morgan fingerprint density at radius 3 is 2.10 bits per heavy atom. The van der Waals surface area contributed by atoms with E-state index in [2.05, 4.69) is 21.1 Å². The van der Waals surface area contributed by atoms with Crippen LogP contribution in [0.5, 0.6) is 0 Å². The Hall–Kier alpha value is -0.540. The SMILES string of the molecule is CCOC=C[N+](C)(C)C.[OH-]. The molecule has 1 N–H and O–H groups in total. The molecule has 0 unspecified atom stereocenters. The maximum Gasteiger partial charge on any atom is 0.136 e. The fraction of sp³-hybridized carbons (Fsp3) is 0.714. The average molecular weight is 147 g/mol. The van der Waals surface area contributed by atoms with Crippen molar-refractivity contribution >= 4 is 0 Å². The van der Waals surface area contributed by atoms with Crippen LogP contribution < -0.4 is 0 Å². The van der Waals surface area contributed by atoms with Crippen molar-refractivity contribution in [2.24, 2.45) is 0 Å². The van der Waals surface area contributed by atoms with Gasteiger partial charge in [0.05, 0.1) is 27.7 Å². The van der Waals surface area contributed by atoms with Gasteiger partial charge < -0.3 is 14.7 Å². The average Bonchev–Trinajstić information content (AvgIpc) is 1.63. The number of nitrogens with zero attached hydrogens (tertiary/aromatic N) is 1. The van der Waals surface area contributed by atoms with E-state index < -0.39 is 0 Å². The molecule has 0 aliphatic rings. The molecule has 3 nitrogen and oxygen atoms in total. The highest BCUT2D eigenvalue weighted by molar-refractivity contribution is 4.59. The van der Waals surface area contributed by atoms with E-state index in [4.69, 9.17) is 4.74 Å². The molecule has 3 heteroatoms. The molecule has 62 valence electrons. The van der Waals surface area contributed by atoms with Gasteiger partial charge in [0.1, 0.15) is 12.5 Å². The molecule has 0 aliphatic heterocycles. The van der Waals surface area contributed by atoms with Gasteiger partial charge >= 0.3 is 0 Å². The molecule has 0 rings (SSSR count). The number of hydrogen-bond acceptors (Lipinski definition) is 2. The summed E-state index contributed by atoms with van der Waals surface area (Å²) in [6, 6.07) is 0. The first-order valence-electron chi connectivity index (χ1n) is 3.16. The number of rotatable bonds is 3. The summed E-state index contributed by atoms with van der Waals surface area (Å²) in [4.78, 5) is 0. The third-order valence-electron chi connectivity index (χ3n) is 0.771. The topological polar surface area (TPSA) is 39.2 Å². The second-order valence-electron chi connectivity index (χ2n) is 2.86. The van der Waals surface area contributed by atoms with Crippen LogP contribution in [-0.4, -0.2) is 37.7 Å². The zero-order chi connectivity index (χ0) is 7.33. The Labute approximate surface area is 62.8 Å². The largest absolute Gasteiger partial charge is 0.870 e. The maximum absolute atomic E-state index is 5.01. The molecule has 10 heavy (non-hydrogen) atoms. The number of ether oxygens (including phenoxy) is 1. The van der Waals surface area contributed by atoms with Gasteiger partial charge in [-0.25, -0.2) is 0 Å². The van der Waals surface area contributed by atoms with Crippen LogP contribution in [0.1, 0.15) is 6.92 Å². The zero-order valence-corrected chi connectivity index (χ0v) is 7.16. The molecule has 0 spiro atoms. The first-order valence-corrected chi connectivity index (χ1v) is 3.16. The highest BCUT2D eigenvalue weighted by Crippen LogP contribution is 1.90. The molecule has 0 bridgehead atoms. The predicted octanol–water partition coefficient (Wildman–Crippen LogP) is 1.02. The minimum atomic E-state index is 0. The Morgan fingerprint density at radius 2 is 1.80 bits per heavy atom. The molecule has 0 aromatic heterocycles. The van der Waals surface area contributed by atoms with Crippen molar-refractivity contribution in [3.05, 3.63) is 12.5 Å². The van der Waals surface area contributed by atoms with Crippen molar-refractivity contribution in [1.82, 2.24) is 0 Å². The molecule has 0 saturated heterocycles. The minimum absolute atomic E-state index is 0. The van der Waals surface area contributed by atoms with Gasteiger partial charge in [-0.1, -0.05) is 0 Å². The van der Waals surface area contributed by atoms with Crippen molar-refractivity contribution in [2.45, 2.75) is 6.92 Å².